The number of carbonyl (C=O) groups is 1. The van der Waals surface area contributed by atoms with Gasteiger partial charge in [0.15, 0.2) is 4.32 Å². The van der Waals surface area contributed by atoms with Crippen LogP contribution < -0.4 is 4.74 Å². The zero-order chi connectivity index (χ0) is 19.5. The number of rotatable bonds is 5. The second kappa shape index (κ2) is 7.95. The Morgan fingerprint density at radius 2 is 1.93 bits per heavy atom. The first-order chi connectivity index (χ1) is 13.7. The maximum Gasteiger partial charge on any atom is 0.259 e. The van der Waals surface area contributed by atoms with E-state index >= 15 is 0 Å². The largest absolute Gasteiger partial charge is 0.497 e. The summed E-state index contributed by atoms with van der Waals surface area (Å²) in [5, 5.41) is 10.3. The Hall–Kier alpha value is -2.97. The van der Waals surface area contributed by atoms with E-state index in [2.05, 4.69) is 5.10 Å². The van der Waals surface area contributed by atoms with Crippen molar-refractivity contribution >= 4 is 40.4 Å². The molecular formula is C20H16N4O2S2. The molecule has 0 aliphatic carbocycles. The van der Waals surface area contributed by atoms with E-state index in [4.69, 9.17) is 22.1 Å². The first kappa shape index (κ1) is 18.4. The highest BCUT2D eigenvalue weighted by atomic mass is 32.2. The summed E-state index contributed by atoms with van der Waals surface area (Å²) in [6.07, 6.45) is 3.51. The topological polar surface area (TPSA) is 59.7 Å². The molecule has 1 aromatic heterocycles. The summed E-state index contributed by atoms with van der Waals surface area (Å²) < 4.78 is 7.49. The molecule has 3 aromatic rings. The number of carbonyl (C=O) groups excluding carboxylic acids is 1. The average Bonchev–Trinajstić information content (AvgIpc) is 3.30. The molecule has 28 heavy (non-hydrogen) atoms. The summed E-state index contributed by atoms with van der Waals surface area (Å²) in [6, 6.07) is 17.5. The van der Waals surface area contributed by atoms with E-state index in [9.17, 15) is 4.79 Å². The minimum absolute atomic E-state index is 0.118. The molecule has 8 heteroatoms. The fraction of sp³-hybridized carbons (Fsp3) is 0.100. The van der Waals surface area contributed by atoms with Crippen molar-refractivity contribution in [2.24, 2.45) is 5.10 Å². The minimum Gasteiger partial charge on any atom is -0.497 e. The van der Waals surface area contributed by atoms with Crippen molar-refractivity contribution in [3.05, 3.63) is 66.4 Å². The van der Waals surface area contributed by atoms with Crippen LogP contribution in [0.1, 0.15) is 5.56 Å². The molecular weight excluding hydrogens is 392 g/mol. The van der Waals surface area contributed by atoms with Crippen LogP contribution in [0, 0.1) is 0 Å². The third-order valence-corrected chi connectivity index (χ3v) is 5.50. The molecule has 0 radical (unpaired) electrons. The molecule has 6 nitrogen and oxygen atoms in total. The zero-order valence-corrected chi connectivity index (χ0v) is 16.6. The summed E-state index contributed by atoms with van der Waals surface area (Å²) in [4.78, 5) is 11.9. The number of hydrazone groups is 1. The van der Waals surface area contributed by atoms with Crippen LogP contribution in [0.2, 0.25) is 0 Å². The van der Waals surface area contributed by atoms with Gasteiger partial charge in [-0.05, 0) is 36.4 Å². The van der Waals surface area contributed by atoms with E-state index in [0.717, 1.165) is 28.3 Å². The van der Waals surface area contributed by atoms with Crippen molar-refractivity contribution in [1.82, 2.24) is 14.8 Å². The number of hydrogen-bond acceptors (Lipinski definition) is 6. The molecule has 1 amide bonds. The van der Waals surface area contributed by atoms with Gasteiger partial charge in [0.2, 0.25) is 0 Å². The van der Waals surface area contributed by atoms with Gasteiger partial charge in [-0.1, -0.05) is 42.2 Å². The highest BCUT2D eigenvalue weighted by molar-refractivity contribution is 8.23. The summed E-state index contributed by atoms with van der Waals surface area (Å²) in [5.41, 5.74) is 3.38. The number of ether oxygens (including phenoxy) is 1. The Morgan fingerprint density at radius 3 is 2.57 bits per heavy atom. The van der Waals surface area contributed by atoms with E-state index in [0.29, 0.717) is 10.1 Å². The Morgan fingerprint density at radius 1 is 1.18 bits per heavy atom. The van der Waals surface area contributed by atoms with Crippen LogP contribution in [-0.4, -0.2) is 44.1 Å². The Balaban J connectivity index is 1.75. The van der Waals surface area contributed by atoms with Gasteiger partial charge in [-0.25, -0.2) is 4.68 Å². The number of thioether (sulfide) groups is 1. The van der Waals surface area contributed by atoms with Gasteiger partial charge >= 0.3 is 0 Å². The van der Waals surface area contributed by atoms with Crippen LogP contribution in [0.15, 0.2) is 65.9 Å². The van der Waals surface area contributed by atoms with Crippen molar-refractivity contribution < 1.29 is 9.53 Å². The van der Waals surface area contributed by atoms with Crippen molar-refractivity contribution in [1.29, 1.82) is 0 Å². The summed E-state index contributed by atoms with van der Waals surface area (Å²) >= 11 is 6.50. The smallest absolute Gasteiger partial charge is 0.259 e. The predicted molar refractivity (Wildman–Crippen MR) is 115 cm³/mol. The van der Waals surface area contributed by atoms with Crippen LogP contribution >= 0.6 is 24.0 Å². The second-order valence-corrected chi connectivity index (χ2v) is 7.56. The van der Waals surface area contributed by atoms with Crippen LogP contribution in [0.3, 0.4) is 0 Å². The minimum atomic E-state index is -0.118. The lowest BCUT2D eigenvalue weighted by Crippen LogP contribution is -2.22. The van der Waals surface area contributed by atoms with Gasteiger partial charge in [-0.15, -0.1) is 0 Å². The molecule has 0 spiro atoms. The number of hydrogen-bond donors (Lipinski definition) is 0. The molecule has 0 atom stereocenters. The van der Waals surface area contributed by atoms with Crippen LogP contribution in [-0.2, 0) is 4.79 Å². The first-order valence-corrected chi connectivity index (χ1v) is 9.88. The molecule has 1 fully saturated rings. The van der Waals surface area contributed by atoms with Crippen LogP contribution in [0.25, 0.3) is 16.9 Å². The molecule has 140 valence electrons. The van der Waals surface area contributed by atoms with E-state index in [-0.39, 0.29) is 5.91 Å². The Bertz CT molecular complexity index is 1030. The van der Waals surface area contributed by atoms with Gasteiger partial charge in [0.25, 0.3) is 5.91 Å². The van der Waals surface area contributed by atoms with Gasteiger partial charge < -0.3 is 4.74 Å². The molecule has 0 bridgehead atoms. The molecule has 4 rings (SSSR count). The SMILES string of the molecule is COc1ccc(-c2nn(-c3ccccc3)cc2C=NN2C(=O)CSC2=S)cc1. The number of aromatic nitrogens is 2. The van der Waals surface area contributed by atoms with Crippen molar-refractivity contribution in [2.45, 2.75) is 0 Å². The lowest BCUT2D eigenvalue weighted by atomic mass is 10.1. The van der Waals surface area contributed by atoms with Crippen LogP contribution in [0.5, 0.6) is 5.75 Å². The molecule has 2 heterocycles. The maximum absolute atomic E-state index is 11.9. The fourth-order valence-corrected chi connectivity index (χ4v) is 3.71. The number of benzene rings is 2. The molecule has 2 aromatic carbocycles. The third kappa shape index (κ3) is 3.69. The van der Waals surface area contributed by atoms with Crippen molar-refractivity contribution in [3.8, 4) is 22.7 Å². The lowest BCUT2D eigenvalue weighted by molar-refractivity contribution is -0.123. The predicted octanol–water partition coefficient (Wildman–Crippen LogP) is 3.74. The molecule has 0 unspecified atom stereocenters. The molecule has 0 N–H and O–H groups in total. The molecule has 0 saturated carbocycles. The maximum atomic E-state index is 11.9. The molecule has 1 saturated heterocycles. The first-order valence-electron chi connectivity index (χ1n) is 8.49. The summed E-state index contributed by atoms with van der Waals surface area (Å²) in [6.45, 7) is 0. The van der Waals surface area contributed by atoms with E-state index in [1.807, 2.05) is 60.8 Å². The zero-order valence-electron chi connectivity index (χ0n) is 15.0. The van der Waals surface area contributed by atoms with Crippen LogP contribution in [0.4, 0.5) is 0 Å². The number of nitrogens with zero attached hydrogens (tertiary/aromatic N) is 4. The molecule has 1 aliphatic heterocycles. The van der Waals surface area contributed by atoms with E-state index < -0.39 is 0 Å². The number of methoxy groups -OCH3 is 1. The van der Waals surface area contributed by atoms with Gasteiger partial charge in [-0.2, -0.15) is 15.2 Å². The van der Waals surface area contributed by atoms with Gasteiger partial charge in [0, 0.05) is 17.3 Å². The monoisotopic (exact) mass is 408 g/mol. The fourth-order valence-electron chi connectivity index (χ4n) is 2.75. The highest BCUT2D eigenvalue weighted by Crippen LogP contribution is 2.26. The van der Waals surface area contributed by atoms with Crippen molar-refractivity contribution in [2.75, 3.05) is 12.9 Å². The Labute approximate surface area is 171 Å². The standard InChI is InChI=1S/C20H16N4O2S2/c1-26-17-9-7-14(8-10-17)19-15(11-21-24-18(25)13-28-20(24)27)12-23(22-19)16-5-3-2-4-6-16/h2-12H,13H2,1H3. The number of thiocarbonyl (C=S) groups is 1. The second-order valence-electron chi connectivity index (χ2n) is 5.95. The summed E-state index contributed by atoms with van der Waals surface area (Å²) in [7, 11) is 1.63. The normalized spacial score (nSPS) is 14.2. The quantitative estimate of drug-likeness (QED) is 0.475. The lowest BCUT2D eigenvalue weighted by Gasteiger charge is -2.06. The highest BCUT2D eigenvalue weighted by Gasteiger charge is 2.26. The third-order valence-electron chi connectivity index (χ3n) is 4.17. The molecule has 1 aliphatic rings. The number of amides is 1. The van der Waals surface area contributed by atoms with E-state index in [1.165, 1.54) is 16.8 Å². The van der Waals surface area contributed by atoms with Gasteiger partial charge in [0.05, 0.1) is 24.8 Å². The van der Waals surface area contributed by atoms with Crippen molar-refractivity contribution in [3.63, 3.8) is 0 Å². The van der Waals surface area contributed by atoms with Gasteiger partial charge in [-0.3, -0.25) is 4.79 Å². The number of para-hydroxylation sites is 1. The van der Waals surface area contributed by atoms with E-state index in [1.54, 1.807) is 18.0 Å². The average molecular weight is 409 g/mol. The summed E-state index contributed by atoms with van der Waals surface area (Å²) in [5.74, 6) is 0.976. The Kier molecular flexibility index (Phi) is 5.23. The van der Waals surface area contributed by atoms with Gasteiger partial charge in [0.1, 0.15) is 11.4 Å².